The number of ketones is 1. The number of halogens is 2. The van der Waals surface area contributed by atoms with Crippen molar-refractivity contribution in [3.63, 3.8) is 0 Å². The first-order valence-electron chi connectivity index (χ1n) is 8.13. The summed E-state index contributed by atoms with van der Waals surface area (Å²) in [5.74, 6) is -0.803. The third-order valence-corrected chi connectivity index (χ3v) is 6.40. The van der Waals surface area contributed by atoms with Crippen molar-refractivity contribution in [3.05, 3.63) is 55.7 Å². The van der Waals surface area contributed by atoms with Crippen molar-refractivity contribution in [2.75, 3.05) is 6.54 Å². The molecule has 0 bridgehead atoms. The summed E-state index contributed by atoms with van der Waals surface area (Å²) in [6, 6.07) is 8.51. The number of imide groups is 1. The normalized spacial score (nSPS) is 21.8. The van der Waals surface area contributed by atoms with Crippen LogP contribution in [0.15, 0.2) is 30.3 Å². The minimum Gasteiger partial charge on any atom is -0.319 e. The van der Waals surface area contributed by atoms with Crippen LogP contribution in [0.25, 0.3) is 0 Å². The van der Waals surface area contributed by atoms with Gasteiger partial charge in [0, 0.05) is 0 Å². The molecule has 0 radical (unpaired) electrons. The maximum atomic E-state index is 13.1. The van der Waals surface area contributed by atoms with Crippen molar-refractivity contribution < 1.29 is 14.4 Å². The number of hydrogen-bond acceptors (Lipinski definition) is 4. The molecule has 2 aliphatic rings. The van der Waals surface area contributed by atoms with E-state index in [2.05, 4.69) is 5.32 Å². The monoisotopic (exact) mass is 408 g/mol. The van der Waals surface area contributed by atoms with Gasteiger partial charge in [-0.15, -0.1) is 11.3 Å². The van der Waals surface area contributed by atoms with Crippen LogP contribution in [0.2, 0.25) is 8.67 Å². The lowest BCUT2D eigenvalue weighted by Crippen LogP contribution is -2.46. The van der Waals surface area contributed by atoms with Gasteiger partial charge in [-0.1, -0.05) is 47.5 Å². The Morgan fingerprint density at radius 3 is 2.77 bits per heavy atom. The molecular weight excluding hydrogens is 395 g/mol. The Kier molecular flexibility index (Phi) is 4.29. The molecule has 1 spiro atoms. The number of aryl methyl sites for hydroxylation is 1. The van der Waals surface area contributed by atoms with Gasteiger partial charge in [0.1, 0.15) is 9.88 Å². The molecule has 4 rings (SSSR count). The van der Waals surface area contributed by atoms with E-state index in [4.69, 9.17) is 23.2 Å². The highest BCUT2D eigenvalue weighted by atomic mass is 35.5. The minimum atomic E-state index is -1.08. The number of nitrogens with zero attached hydrogens (tertiary/aromatic N) is 1. The number of carbonyl (C=O) groups excluding carboxylic acids is 3. The first kappa shape index (κ1) is 17.5. The second kappa shape index (κ2) is 6.37. The quantitative estimate of drug-likeness (QED) is 0.615. The molecule has 2 aromatic rings. The number of urea groups is 1. The summed E-state index contributed by atoms with van der Waals surface area (Å²) >= 11 is 13.0. The van der Waals surface area contributed by atoms with Gasteiger partial charge in [0.25, 0.3) is 5.91 Å². The molecule has 1 aliphatic carbocycles. The summed E-state index contributed by atoms with van der Waals surface area (Å²) in [7, 11) is 0. The van der Waals surface area contributed by atoms with Crippen LogP contribution in [-0.4, -0.2) is 29.2 Å². The lowest BCUT2D eigenvalue weighted by Gasteiger charge is -2.33. The molecule has 5 nitrogen and oxygen atoms in total. The molecule has 1 aromatic carbocycles. The van der Waals surface area contributed by atoms with E-state index in [0.717, 1.165) is 40.2 Å². The number of fused-ring (bicyclic) bond motifs is 2. The number of Topliss-reactive ketones (excluding diaryl/α,β-unsaturated/α-hetero) is 1. The summed E-state index contributed by atoms with van der Waals surface area (Å²) in [5.41, 5.74) is 1.01. The van der Waals surface area contributed by atoms with Crippen molar-refractivity contribution >= 4 is 52.3 Å². The molecule has 1 aromatic heterocycles. The van der Waals surface area contributed by atoms with Gasteiger partial charge in [-0.3, -0.25) is 14.5 Å². The van der Waals surface area contributed by atoms with Crippen LogP contribution in [0.1, 0.15) is 34.3 Å². The first-order chi connectivity index (χ1) is 12.4. The Hall–Kier alpha value is -1.89. The highest BCUT2D eigenvalue weighted by molar-refractivity contribution is 7.20. The molecule has 26 heavy (non-hydrogen) atoms. The zero-order chi connectivity index (χ0) is 18.5. The second-order valence-electron chi connectivity index (χ2n) is 6.40. The topological polar surface area (TPSA) is 66.5 Å². The number of rotatable bonds is 3. The maximum absolute atomic E-state index is 13.1. The molecule has 0 saturated carbocycles. The smallest absolute Gasteiger partial charge is 0.319 e. The highest BCUT2D eigenvalue weighted by Crippen LogP contribution is 2.40. The van der Waals surface area contributed by atoms with Crippen LogP contribution < -0.4 is 5.32 Å². The zero-order valence-electron chi connectivity index (χ0n) is 13.6. The van der Waals surface area contributed by atoms with Crippen molar-refractivity contribution in [2.24, 2.45) is 0 Å². The fourth-order valence-corrected chi connectivity index (χ4v) is 5.21. The largest absolute Gasteiger partial charge is 0.325 e. The van der Waals surface area contributed by atoms with Crippen LogP contribution in [0.3, 0.4) is 0 Å². The molecule has 1 aliphatic heterocycles. The van der Waals surface area contributed by atoms with Crippen LogP contribution in [0.5, 0.6) is 0 Å². The predicted octanol–water partition coefficient (Wildman–Crippen LogP) is 4.02. The number of thiophene rings is 1. The number of amides is 3. The highest BCUT2D eigenvalue weighted by Gasteiger charge is 2.54. The number of hydrogen-bond donors (Lipinski definition) is 1. The molecule has 1 N–H and O–H groups in total. The SMILES string of the molecule is O=C(CN1C(=O)N[C@@]2(CCCc3ccccc32)C1=O)c1cc(Cl)sc1Cl. The molecule has 8 heteroatoms. The Morgan fingerprint density at radius 2 is 2.04 bits per heavy atom. The fraction of sp³-hybridized carbons (Fsp3) is 0.278. The molecule has 134 valence electrons. The van der Waals surface area contributed by atoms with Crippen LogP contribution in [-0.2, 0) is 16.8 Å². The van der Waals surface area contributed by atoms with E-state index >= 15 is 0 Å². The minimum absolute atomic E-state index is 0.229. The van der Waals surface area contributed by atoms with Gasteiger partial charge in [0.15, 0.2) is 5.78 Å². The summed E-state index contributed by atoms with van der Waals surface area (Å²) in [6.07, 6.45) is 2.17. The van der Waals surface area contributed by atoms with E-state index in [9.17, 15) is 14.4 Å². The summed E-state index contributed by atoms with van der Waals surface area (Å²) in [6.45, 7) is -0.360. The molecular formula is C18H14Cl2N2O3S. The third kappa shape index (κ3) is 2.64. The predicted molar refractivity (Wildman–Crippen MR) is 100.0 cm³/mol. The van der Waals surface area contributed by atoms with E-state index < -0.39 is 17.4 Å². The van der Waals surface area contributed by atoms with Gasteiger partial charge >= 0.3 is 6.03 Å². The lowest BCUT2D eigenvalue weighted by atomic mass is 9.76. The van der Waals surface area contributed by atoms with Gasteiger partial charge in [-0.05, 0) is 36.5 Å². The Balaban J connectivity index is 1.65. The Morgan fingerprint density at radius 1 is 1.27 bits per heavy atom. The Bertz CT molecular complexity index is 942. The molecule has 2 heterocycles. The van der Waals surface area contributed by atoms with Crippen molar-refractivity contribution in [2.45, 2.75) is 24.8 Å². The first-order valence-corrected chi connectivity index (χ1v) is 9.70. The summed E-state index contributed by atoms with van der Waals surface area (Å²) in [5, 5.41) is 2.83. The third-order valence-electron chi connectivity index (χ3n) is 4.91. The average Bonchev–Trinajstić information content (AvgIpc) is 3.07. The van der Waals surface area contributed by atoms with E-state index in [-0.39, 0.29) is 22.4 Å². The van der Waals surface area contributed by atoms with E-state index in [1.807, 2.05) is 24.3 Å². The summed E-state index contributed by atoms with van der Waals surface area (Å²) < 4.78 is 0.637. The Labute approximate surface area is 163 Å². The van der Waals surface area contributed by atoms with Crippen LogP contribution >= 0.6 is 34.5 Å². The van der Waals surface area contributed by atoms with Crippen molar-refractivity contribution in [1.29, 1.82) is 0 Å². The van der Waals surface area contributed by atoms with Gasteiger partial charge in [0.2, 0.25) is 0 Å². The molecule has 1 fully saturated rings. The van der Waals surface area contributed by atoms with Gasteiger partial charge < -0.3 is 5.32 Å². The van der Waals surface area contributed by atoms with E-state index in [0.29, 0.717) is 10.8 Å². The average molecular weight is 409 g/mol. The van der Waals surface area contributed by atoms with Gasteiger partial charge in [-0.25, -0.2) is 4.79 Å². The molecule has 3 amide bonds. The van der Waals surface area contributed by atoms with E-state index in [1.54, 1.807) is 0 Å². The number of carbonyl (C=O) groups is 3. The number of nitrogens with one attached hydrogen (secondary N) is 1. The second-order valence-corrected chi connectivity index (χ2v) is 8.68. The fourth-order valence-electron chi connectivity index (χ4n) is 3.71. The zero-order valence-corrected chi connectivity index (χ0v) is 15.9. The standard InChI is InChI=1S/C18H14Cl2N2O3S/c19-14-8-11(15(20)26-14)13(23)9-22-16(24)18(21-17(22)25)7-3-5-10-4-1-2-6-12(10)18/h1-2,4,6,8H,3,5,7,9H2,(H,21,25)/t18-/m1/s1. The van der Waals surface area contributed by atoms with E-state index in [1.165, 1.54) is 6.07 Å². The van der Waals surface area contributed by atoms with Gasteiger partial charge in [-0.2, -0.15) is 0 Å². The maximum Gasteiger partial charge on any atom is 0.325 e. The van der Waals surface area contributed by atoms with Gasteiger partial charge in [0.05, 0.1) is 16.4 Å². The molecule has 0 unspecified atom stereocenters. The lowest BCUT2D eigenvalue weighted by molar-refractivity contribution is -0.131. The van der Waals surface area contributed by atoms with Crippen molar-refractivity contribution in [1.82, 2.24) is 10.2 Å². The van der Waals surface area contributed by atoms with Crippen molar-refractivity contribution in [3.8, 4) is 0 Å². The van der Waals surface area contributed by atoms with Crippen LogP contribution in [0.4, 0.5) is 4.79 Å². The molecule has 1 atom stereocenters. The number of benzene rings is 1. The summed E-state index contributed by atoms with van der Waals surface area (Å²) in [4.78, 5) is 39.2. The molecule has 1 saturated heterocycles. The van der Waals surface area contributed by atoms with Crippen LogP contribution in [0, 0.1) is 0 Å².